The van der Waals surface area contributed by atoms with E-state index in [2.05, 4.69) is 4.98 Å². The maximum absolute atomic E-state index is 12.4. The normalized spacial score (nSPS) is 10.9. The van der Waals surface area contributed by atoms with Gasteiger partial charge in [-0.05, 0) is 29.7 Å². The SMILES string of the molecule is CCOC(=O)Cn1c(Cc2ccc3ccccc3c2)c(CC)c(=O)[nH]c1=O. The zero-order valence-electron chi connectivity index (χ0n) is 15.5. The predicted molar refractivity (Wildman–Crippen MR) is 104 cm³/mol. The largest absolute Gasteiger partial charge is 0.465 e. The second kappa shape index (κ2) is 8.03. The van der Waals surface area contributed by atoms with Crippen molar-refractivity contribution < 1.29 is 9.53 Å². The molecule has 0 aliphatic carbocycles. The van der Waals surface area contributed by atoms with E-state index in [1.807, 2.05) is 49.4 Å². The third kappa shape index (κ3) is 4.00. The molecule has 3 rings (SSSR count). The fraction of sp³-hybridized carbons (Fsp3) is 0.286. The quantitative estimate of drug-likeness (QED) is 0.679. The monoisotopic (exact) mass is 366 g/mol. The second-order valence-corrected chi connectivity index (χ2v) is 6.29. The number of H-pyrrole nitrogens is 1. The predicted octanol–water partition coefficient (Wildman–Crippen LogP) is 2.41. The van der Waals surface area contributed by atoms with Crippen molar-refractivity contribution in [3.63, 3.8) is 0 Å². The summed E-state index contributed by atoms with van der Waals surface area (Å²) in [4.78, 5) is 38.9. The van der Waals surface area contributed by atoms with Gasteiger partial charge >= 0.3 is 11.7 Å². The molecule has 0 saturated carbocycles. The van der Waals surface area contributed by atoms with Crippen LogP contribution in [0.1, 0.15) is 30.7 Å². The number of carbonyl (C=O) groups excluding carboxylic acids is 1. The third-order valence-corrected chi connectivity index (χ3v) is 4.55. The Bertz CT molecular complexity index is 1100. The Kier molecular flexibility index (Phi) is 5.54. The zero-order chi connectivity index (χ0) is 19.4. The number of hydrogen-bond acceptors (Lipinski definition) is 4. The van der Waals surface area contributed by atoms with Crippen molar-refractivity contribution in [1.82, 2.24) is 9.55 Å². The molecule has 140 valence electrons. The summed E-state index contributed by atoms with van der Waals surface area (Å²) in [6, 6.07) is 14.0. The number of carbonyl (C=O) groups is 1. The van der Waals surface area contributed by atoms with Crippen LogP contribution in [-0.4, -0.2) is 22.1 Å². The van der Waals surface area contributed by atoms with Crippen molar-refractivity contribution >= 4 is 16.7 Å². The molecule has 0 atom stereocenters. The molecule has 2 aromatic carbocycles. The number of aromatic amines is 1. The lowest BCUT2D eigenvalue weighted by Crippen LogP contribution is -2.37. The highest BCUT2D eigenvalue weighted by molar-refractivity contribution is 5.83. The molecule has 6 nitrogen and oxygen atoms in total. The Morgan fingerprint density at radius 1 is 1.07 bits per heavy atom. The van der Waals surface area contributed by atoms with E-state index < -0.39 is 17.2 Å². The zero-order valence-corrected chi connectivity index (χ0v) is 15.5. The maximum Gasteiger partial charge on any atom is 0.329 e. The molecule has 3 aromatic rings. The van der Waals surface area contributed by atoms with Crippen LogP contribution in [0.5, 0.6) is 0 Å². The number of rotatable bonds is 6. The Morgan fingerprint density at radius 3 is 2.52 bits per heavy atom. The van der Waals surface area contributed by atoms with Gasteiger partial charge in [0.2, 0.25) is 0 Å². The molecular weight excluding hydrogens is 344 g/mol. The van der Waals surface area contributed by atoms with E-state index in [4.69, 9.17) is 4.74 Å². The third-order valence-electron chi connectivity index (χ3n) is 4.55. The van der Waals surface area contributed by atoms with E-state index in [0.29, 0.717) is 24.1 Å². The van der Waals surface area contributed by atoms with Gasteiger partial charge in [-0.3, -0.25) is 19.1 Å². The molecule has 1 aromatic heterocycles. The number of ether oxygens (including phenoxy) is 1. The second-order valence-electron chi connectivity index (χ2n) is 6.29. The van der Waals surface area contributed by atoms with Crippen LogP contribution in [0, 0.1) is 0 Å². The highest BCUT2D eigenvalue weighted by Gasteiger charge is 2.17. The summed E-state index contributed by atoms with van der Waals surface area (Å²) in [7, 11) is 0. The van der Waals surface area contributed by atoms with Gasteiger partial charge in [0.25, 0.3) is 5.56 Å². The molecule has 6 heteroatoms. The molecule has 0 amide bonds. The van der Waals surface area contributed by atoms with E-state index in [1.54, 1.807) is 6.92 Å². The molecule has 0 spiro atoms. The highest BCUT2D eigenvalue weighted by Crippen LogP contribution is 2.18. The lowest BCUT2D eigenvalue weighted by molar-refractivity contribution is -0.143. The molecule has 0 aliphatic heterocycles. The minimum absolute atomic E-state index is 0.223. The van der Waals surface area contributed by atoms with Gasteiger partial charge in [-0.25, -0.2) is 4.79 Å². The number of fused-ring (bicyclic) bond motifs is 1. The van der Waals surface area contributed by atoms with Crippen LogP contribution in [0.15, 0.2) is 52.1 Å². The number of hydrogen-bond donors (Lipinski definition) is 1. The first-order chi connectivity index (χ1) is 13.0. The van der Waals surface area contributed by atoms with Crippen molar-refractivity contribution in [1.29, 1.82) is 0 Å². The molecular formula is C21H22N2O4. The van der Waals surface area contributed by atoms with E-state index in [9.17, 15) is 14.4 Å². The molecule has 0 saturated heterocycles. The lowest BCUT2D eigenvalue weighted by atomic mass is 10.0. The lowest BCUT2D eigenvalue weighted by Gasteiger charge is -2.15. The molecule has 1 N–H and O–H groups in total. The summed E-state index contributed by atoms with van der Waals surface area (Å²) in [6.45, 7) is 3.57. The molecule has 0 aliphatic rings. The summed E-state index contributed by atoms with van der Waals surface area (Å²) >= 11 is 0. The van der Waals surface area contributed by atoms with Crippen molar-refractivity contribution in [2.24, 2.45) is 0 Å². The van der Waals surface area contributed by atoms with Crippen molar-refractivity contribution in [2.75, 3.05) is 6.61 Å². The number of aromatic nitrogens is 2. The Balaban J connectivity index is 2.09. The summed E-state index contributed by atoms with van der Waals surface area (Å²) in [5, 5.41) is 2.20. The molecule has 0 unspecified atom stereocenters. The first-order valence-electron chi connectivity index (χ1n) is 9.01. The van der Waals surface area contributed by atoms with Gasteiger partial charge in [0.1, 0.15) is 6.54 Å². The van der Waals surface area contributed by atoms with Gasteiger partial charge in [-0.15, -0.1) is 0 Å². The van der Waals surface area contributed by atoms with Gasteiger partial charge in [-0.2, -0.15) is 0 Å². The maximum atomic E-state index is 12.4. The molecule has 1 heterocycles. The van der Waals surface area contributed by atoms with Crippen LogP contribution >= 0.6 is 0 Å². The molecule has 0 bridgehead atoms. The summed E-state index contributed by atoms with van der Waals surface area (Å²) in [6.07, 6.45) is 0.841. The molecule has 0 radical (unpaired) electrons. The van der Waals surface area contributed by atoms with Gasteiger partial charge in [0.05, 0.1) is 6.61 Å². The number of nitrogens with one attached hydrogen (secondary N) is 1. The highest BCUT2D eigenvalue weighted by atomic mass is 16.5. The van der Waals surface area contributed by atoms with Crippen molar-refractivity contribution in [3.8, 4) is 0 Å². The van der Waals surface area contributed by atoms with Gasteiger partial charge in [0, 0.05) is 17.7 Å². The van der Waals surface area contributed by atoms with Gasteiger partial charge in [0.15, 0.2) is 0 Å². The standard InChI is InChI=1S/C21H22N2O4/c1-3-17-18(12-14-9-10-15-7-5-6-8-16(15)11-14)23(13-19(24)27-4-2)21(26)22-20(17)25/h5-11H,3-4,12-13H2,1-2H3,(H,22,25,26). The number of esters is 1. The summed E-state index contributed by atoms with van der Waals surface area (Å²) < 4.78 is 6.29. The minimum Gasteiger partial charge on any atom is -0.465 e. The molecule has 27 heavy (non-hydrogen) atoms. The Labute approximate surface area is 156 Å². The van der Waals surface area contributed by atoms with Crippen LogP contribution in [0.4, 0.5) is 0 Å². The smallest absolute Gasteiger partial charge is 0.329 e. The van der Waals surface area contributed by atoms with Gasteiger partial charge in [-0.1, -0.05) is 49.4 Å². The fourth-order valence-electron chi connectivity index (χ4n) is 3.27. The number of benzene rings is 2. The average molecular weight is 366 g/mol. The van der Waals surface area contributed by atoms with Crippen LogP contribution in [0.3, 0.4) is 0 Å². The van der Waals surface area contributed by atoms with Gasteiger partial charge < -0.3 is 4.74 Å². The number of nitrogens with zero attached hydrogens (tertiary/aromatic N) is 1. The summed E-state index contributed by atoms with van der Waals surface area (Å²) in [5.74, 6) is -0.506. The van der Waals surface area contributed by atoms with E-state index >= 15 is 0 Å². The van der Waals surface area contributed by atoms with Crippen LogP contribution in [0.25, 0.3) is 10.8 Å². The van der Waals surface area contributed by atoms with E-state index in [-0.39, 0.29) is 13.2 Å². The van der Waals surface area contributed by atoms with Crippen molar-refractivity contribution in [2.45, 2.75) is 33.2 Å². The van der Waals surface area contributed by atoms with E-state index in [1.165, 1.54) is 4.57 Å². The minimum atomic E-state index is -0.596. The van der Waals surface area contributed by atoms with Crippen molar-refractivity contribution in [3.05, 3.63) is 80.1 Å². The Hall–Kier alpha value is -3.15. The average Bonchev–Trinajstić information content (AvgIpc) is 2.65. The summed E-state index contributed by atoms with van der Waals surface area (Å²) in [5.41, 5.74) is 1.02. The molecule has 0 fully saturated rings. The Morgan fingerprint density at radius 2 is 1.81 bits per heavy atom. The van der Waals surface area contributed by atoms with Crippen LogP contribution in [-0.2, 0) is 28.9 Å². The van der Waals surface area contributed by atoms with Crippen LogP contribution < -0.4 is 11.2 Å². The van der Waals surface area contributed by atoms with Crippen LogP contribution in [0.2, 0.25) is 0 Å². The van der Waals surface area contributed by atoms with E-state index in [0.717, 1.165) is 16.3 Å². The first kappa shape index (κ1) is 18.6. The first-order valence-corrected chi connectivity index (χ1v) is 9.01. The fourth-order valence-corrected chi connectivity index (χ4v) is 3.27. The topological polar surface area (TPSA) is 81.2 Å².